The molecule has 0 radical (unpaired) electrons. The van der Waals surface area contributed by atoms with Gasteiger partial charge in [-0.1, -0.05) is 42.5 Å². The lowest BCUT2D eigenvalue weighted by Crippen LogP contribution is -2.43. The Hall–Kier alpha value is -3.30. The lowest BCUT2D eigenvalue weighted by atomic mass is 9.95. The van der Waals surface area contributed by atoms with Crippen molar-refractivity contribution in [3.8, 4) is 0 Å². The largest absolute Gasteiger partial charge is 0.341 e. The second-order valence-corrected chi connectivity index (χ2v) is 8.14. The maximum absolute atomic E-state index is 2.53. The first-order chi connectivity index (χ1) is 14.2. The first kappa shape index (κ1) is 16.6. The second-order valence-electron chi connectivity index (χ2n) is 8.14. The van der Waals surface area contributed by atoms with Gasteiger partial charge in [0.1, 0.15) is 17.1 Å². The quantitative estimate of drug-likeness (QED) is 0.432. The molecule has 3 heteroatoms. The Morgan fingerprint density at radius 3 is 2.38 bits per heavy atom. The number of anilines is 3. The van der Waals surface area contributed by atoms with E-state index in [4.69, 9.17) is 0 Å². The highest BCUT2D eigenvalue weighted by molar-refractivity contribution is 6.02. The first-order valence-electron chi connectivity index (χ1n) is 10.3. The van der Waals surface area contributed by atoms with Crippen LogP contribution in [0.15, 0.2) is 96.3 Å². The molecule has 0 bridgehead atoms. The molecule has 0 amide bonds. The van der Waals surface area contributed by atoms with Gasteiger partial charge >= 0.3 is 0 Å². The summed E-state index contributed by atoms with van der Waals surface area (Å²) in [7, 11) is 4.52. The molecule has 2 heterocycles. The number of quaternary nitrogens is 1. The Bertz CT molecular complexity index is 1190. The topological polar surface area (TPSA) is 6.48 Å². The lowest BCUT2D eigenvalue weighted by Gasteiger charge is -2.48. The Morgan fingerprint density at radius 2 is 1.52 bits per heavy atom. The molecular weight excluding hydrogens is 354 g/mol. The molecule has 0 saturated carbocycles. The van der Waals surface area contributed by atoms with Gasteiger partial charge in [-0.15, -0.1) is 0 Å². The molecule has 0 N–H and O–H groups in total. The van der Waals surface area contributed by atoms with Crippen LogP contribution in [0.1, 0.15) is 12.8 Å². The van der Waals surface area contributed by atoms with Crippen molar-refractivity contribution in [2.24, 2.45) is 0 Å². The SMILES string of the molecule is CN1C2=C(CCC=C2)N2c3ccccc3[N+](C)(c3ccccc3)c3cccc1c32. The Morgan fingerprint density at radius 1 is 0.793 bits per heavy atom. The van der Waals surface area contributed by atoms with Crippen LogP contribution in [0, 0.1) is 0 Å². The van der Waals surface area contributed by atoms with E-state index in [1.165, 1.54) is 45.5 Å². The average molecular weight is 378 g/mol. The highest BCUT2D eigenvalue weighted by atomic mass is 15.4. The highest BCUT2D eigenvalue weighted by Crippen LogP contribution is 2.61. The first-order valence-corrected chi connectivity index (χ1v) is 10.3. The number of hydrogen-bond donors (Lipinski definition) is 0. The molecule has 2 aliphatic heterocycles. The lowest BCUT2D eigenvalue weighted by molar-refractivity contribution is 0.615. The summed E-state index contributed by atoms with van der Waals surface area (Å²) in [6.07, 6.45) is 6.74. The van der Waals surface area contributed by atoms with Crippen LogP contribution in [0.5, 0.6) is 0 Å². The van der Waals surface area contributed by atoms with E-state index in [1.807, 2.05) is 0 Å². The van der Waals surface area contributed by atoms with Gasteiger partial charge in [-0.2, -0.15) is 0 Å². The van der Waals surface area contributed by atoms with E-state index in [0.717, 1.165) is 12.8 Å². The Balaban J connectivity index is 1.74. The standard InChI is InChI=1S/C26H24N3/c1-27-20-13-6-7-14-21(20)28-22-15-8-9-17-24(22)29(2,19-11-4-3-5-12-19)25-18-10-16-23(27)26(25)28/h3-6,8-13,15-18H,7,14H2,1-2H3/q+1. The summed E-state index contributed by atoms with van der Waals surface area (Å²) in [5.74, 6) is 0. The van der Waals surface area contributed by atoms with Gasteiger partial charge in [-0.05, 0) is 43.2 Å². The number of benzene rings is 3. The summed E-state index contributed by atoms with van der Waals surface area (Å²) in [5.41, 5.74) is 10.5. The molecule has 1 aliphatic carbocycles. The van der Waals surface area contributed by atoms with E-state index < -0.39 is 0 Å². The van der Waals surface area contributed by atoms with Crippen LogP contribution < -0.4 is 14.3 Å². The minimum absolute atomic E-state index is 0.670. The average Bonchev–Trinajstić information content (AvgIpc) is 2.79. The van der Waals surface area contributed by atoms with Crippen molar-refractivity contribution in [3.05, 3.63) is 96.3 Å². The van der Waals surface area contributed by atoms with E-state index in [1.54, 1.807) is 0 Å². The maximum atomic E-state index is 2.53. The molecular formula is C26H24N3+. The zero-order valence-electron chi connectivity index (χ0n) is 16.8. The van der Waals surface area contributed by atoms with Crippen molar-refractivity contribution < 1.29 is 0 Å². The van der Waals surface area contributed by atoms with Crippen LogP contribution in [0.4, 0.5) is 34.1 Å². The van der Waals surface area contributed by atoms with Crippen LogP contribution >= 0.6 is 0 Å². The maximum Gasteiger partial charge on any atom is 0.169 e. The zero-order chi connectivity index (χ0) is 19.6. The van der Waals surface area contributed by atoms with E-state index in [9.17, 15) is 0 Å². The predicted octanol–water partition coefficient (Wildman–Crippen LogP) is 6.75. The predicted molar refractivity (Wildman–Crippen MR) is 122 cm³/mol. The number of rotatable bonds is 1. The monoisotopic (exact) mass is 378 g/mol. The molecule has 0 saturated heterocycles. The van der Waals surface area contributed by atoms with Gasteiger partial charge in [-0.3, -0.25) is 4.90 Å². The smallest absolute Gasteiger partial charge is 0.169 e. The molecule has 0 aromatic heterocycles. The van der Waals surface area contributed by atoms with Gasteiger partial charge in [0.05, 0.1) is 18.4 Å². The molecule has 0 fully saturated rings. The van der Waals surface area contributed by atoms with Crippen molar-refractivity contribution in [2.75, 3.05) is 23.9 Å². The minimum atomic E-state index is 0.670. The molecule has 0 spiro atoms. The number of hydrogen-bond acceptors (Lipinski definition) is 2. The molecule has 1 unspecified atom stereocenters. The van der Waals surface area contributed by atoms with Gasteiger partial charge in [0, 0.05) is 24.9 Å². The molecule has 6 rings (SSSR count). The van der Waals surface area contributed by atoms with E-state index in [0.29, 0.717) is 4.48 Å². The number of fused-ring (bicyclic) bond motifs is 3. The summed E-state index contributed by atoms with van der Waals surface area (Å²) < 4.78 is 0.670. The van der Waals surface area contributed by atoms with Gasteiger partial charge in [0.2, 0.25) is 0 Å². The summed E-state index contributed by atoms with van der Waals surface area (Å²) in [4.78, 5) is 4.89. The summed E-state index contributed by atoms with van der Waals surface area (Å²) in [6, 6.07) is 26.5. The van der Waals surface area contributed by atoms with Crippen molar-refractivity contribution >= 4 is 34.1 Å². The minimum Gasteiger partial charge on any atom is -0.341 e. The number of nitrogens with zero attached hydrogens (tertiary/aromatic N) is 3. The summed E-state index contributed by atoms with van der Waals surface area (Å²) >= 11 is 0. The van der Waals surface area contributed by atoms with Crippen molar-refractivity contribution in [1.29, 1.82) is 0 Å². The molecule has 142 valence electrons. The van der Waals surface area contributed by atoms with E-state index in [2.05, 4.69) is 109 Å². The van der Waals surface area contributed by atoms with E-state index in [-0.39, 0.29) is 0 Å². The van der Waals surface area contributed by atoms with E-state index >= 15 is 0 Å². The van der Waals surface area contributed by atoms with Gasteiger partial charge in [0.15, 0.2) is 11.4 Å². The van der Waals surface area contributed by atoms with Gasteiger partial charge < -0.3 is 4.90 Å². The molecule has 29 heavy (non-hydrogen) atoms. The van der Waals surface area contributed by atoms with Gasteiger partial charge in [0.25, 0.3) is 0 Å². The number of allylic oxidation sites excluding steroid dienone is 3. The molecule has 3 nitrogen and oxygen atoms in total. The van der Waals surface area contributed by atoms with Crippen LogP contribution in [0.3, 0.4) is 0 Å². The molecule has 3 aromatic carbocycles. The number of para-hydroxylation sites is 4. The second kappa shape index (κ2) is 5.85. The van der Waals surface area contributed by atoms with Crippen molar-refractivity contribution in [2.45, 2.75) is 12.8 Å². The van der Waals surface area contributed by atoms with Crippen LogP contribution in [-0.2, 0) is 0 Å². The fourth-order valence-corrected chi connectivity index (χ4v) is 5.25. The zero-order valence-corrected chi connectivity index (χ0v) is 16.8. The number of likely N-dealkylation sites (N-methyl/N-ethyl adjacent to an activating group) is 1. The third kappa shape index (κ3) is 2.05. The Labute approximate surface area is 172 Å². The summed E-state index contributed by atoms with van der Waals surface area (Å²) in [6.45, 7) is 0. The fraction of sp³-hybridized carbons (Fsp3) is 0.154. The van der Waals surface area contributed by atoms with Crippen molar-refractivity contribution in [1.82, 2.24) is 4.48 Å². The molecule has 3 aliphatic rings. The van der Waals surface area contributed by atoms with Crippen LogP contribution in [0.25, 0.3) is 0 Å². The highest BCUT2D eigenvalue weighted by Gasteiger charge is 2.47. The van der Waals surface area contributed by atoms with Crippen LogP contribution in [-0.4, -0.2) is 14.1 Å². The third-order valence-electron chi connectivity index (χ3n) is 6.69. The van der Waals surface area contributed by atoms with Crippen LogP contribution in [0.2, 0.25) is 0 Å². The fourth-order valence-electron chi connectivity index (χ4n) is 5.25. The normalized spacial score (nSPS) is 21.6. The van der Waals surface area contributed by atoms with Crippen molar-refractivity contribution in [3.63, 3.8) is 0 Å². The van der Waals surface area contributed by atoms with Gasteiger partial charge in [-0.25, -0.2) is 4.48 Å². The summed E-state index contributed by atoms with van der Waals surface area (Å²) in [5, 5.41) is 0. The third-order valence-corrected chi connectivity index (χ3v) is 6.69. The Kier molecular flexibility index (Phi) is 3.36. The molecule has 3 aromatic rings. The molecule has 1 atom stereocenters.